The van der Waals surface area contributed by atoms with E-state index in [0.717, 1.165) is 6.07 Å². The first kappa shape index (κ1) is 13.2. The minimum Gasteiger partial charge on any atom is -0.376 e. The van der Waals surface area contributed by atoms with Crippen LogP contribution in [0.3, 0.4) is 0 Å². The first-order chi connectivity index (χ1) is 10.1. The third-order valence-corrected chi connectivity index (χ3v) is 3.35. The monoisotopic (exact) mass is 290 g/mol. The largest absolute Gasteiger partial charge is 0.376 e. The number of aromatic nitrogens is 1. The number of halogens is 1. The number of benzene rings is 1. The lowest BCUT2D eigenvalue weighted by molar-refractivity contribution is -0.383. The fourth-order valence-corrected chi connectivity index (χ4v) is 2.39. The second-order valence-electron chi connectivity index (χ2n) is 4.76. The van der Waals surface area contributed by atoms with E-state index in [-0.39, 0.29) is 40.6 Å². The Hall–Kier alpha value is -2.77. The van der Waals surface area contributed by atoms with Crippen molar-refractivity contribution in [3.8, 4) is 0 Å². The van der Waals surface area contributed by atoms with Crippen LogP contribution in [0.4, 0.5) is 15.8 Å². The molecule has 2 aromatic rings. The normalized spacial score (nSPS) is 17.8. The van der Waals surface area contributed by atoms with Gasteiger partial charge in [0.2, 0.25) is 5.91 Å². The molecule has 1 aromatic carbocycles. The maximum atomic E-state index is 14.2. The molecule has 1 saturated heterocycles. The number of fused-ring (bicyclic) bond motifs is 1. The van der Waals surface area contributed by atoms with Gasteiger partial charge in [-0.3, -0.25) is 19.9 Å². The number of non-ortho nitro benzene ring substituents is 1. The van der Waals surface area contributed by atoms with Crippen LogP contribution < -0.4 is 10.6 Å². The van der Waals surface area contributed by atoms with Crippen molar-refractivity contribution in [3.05, 3.63) is 40.3 Å². The summed E-state index contributed by atoms with van der Waals surface area (Å²) in [7, 11) is 0. The van der Waals surface area contributed by atoms with Crippen molar-refractivity contribution >= 4 is 28.2 Å². The lowest BCUT2D eigenvalue weighted by atomic mass is 10.1. The second kappa shape index (κ2) is 4.97. The zero-order valence-electron chi connectivity index (χ0n) is 10.8. The average Bonchev–Trinajstić information content (AvgIpc) is 2.87. The van der Waals surface area contributed by atoms with Crippen LogP contribution in [0.5, 0.6) is 0 Å². The molecule has 0 radical (unpaired) electrons. The molecular weight excluding hydrogens is 279 g/mol. The third kappa shape index (κ3) is 2.35. The van der Waals surface area contributed by atoms with Gasteiger partial charge >= 0.3 is 0 Å². The quantitative estimate of drug-likeness (QED) is 0.660. The van der Waals surface area contributed by atoms with Crippen molar-refractivity contribution in [3.63, 3.8) is 0 Å². The summed E-state index contributed by atoms with van der Waals surface area (Å²) in [6, 6.07) is 3.68. The topological polar surface area (TPSA) is 97.2 Å². The Labute approximate surface area is 118 Å². The number of hydrogen-bond acceptors (Lipinski definition) is 5. The highest BCUT2D eigenvalue weighted by atomic mass is 19.1. The number of hydrogen-bond donors (Lipinski definition) is 2. The molecule has 1 aromatic heterocycles. The summed E-state index contributed by atoms with van der Waals surface area (Å²) in [6.45, 7) is 0.379. The Morgan fingerprint density at radius 2 is 2.33 bits per heavy atom. The second-order valence-corrected chi connectivity index (χ2v) is 4.76. The van der Waals surface area contributed by atoms with Crippen molar-refractivity contribution in [2.24, 2.45) is 0 Å². The summed E-state index contributed by atoms with van der Waals surface area (Å²) in [5.41, 5.74) is -0.0666. The van der Waals surface area contributed by atoms with Gasteiger partial charge in [-0.05, 0) is 12.1 Å². The van der Waals surface area contributed by atoms with E-state index in [1.165, 1.54) is 12.3 Å². The summed E-state index contributed by atoms with van der Waals surface area (Å²) < 4.78 is 14.2. The molecule has 3 rings (SSSR count). The van der Waals surface area contributed by atoms with Crippen LogP contribution in [0.2, 0.25) is 0 Å². The van der Waals surface area contributed by atoms with E-state index in [2.05, 4.69) is 15.6 Å². The fraction of sp³-hybridized carbons (Fsp3) is 0.231. The number of nitro benzene ring substituents is 1. The molecule has 1 atom stereocenters. The van der Waals surface area contributed by atoms with Crippen LogP contribution in [0.1, 0.15) is 6.42 Å². The van der Waals surface area contributed by atoms with Gasteiger partial charge in [0.15, 0.2) is 5.82 Å². The summed E-state index contributed by atoms with van der Waals surface area (Å²) in [5.74, 6) is -0.876. The number of pyridine rings is 1. The van der Waals surface area contributed by atoms with Crippen LogP contribution in [0, 0.1) is 15.9 Å². The highest BCUT2D eigenvalue weighted by Crippen LogP contribution is 2.33. The van der Waals surface area contributed by atoms with Crippen LogP contribution in [0.25, 0.3) is 10.9 Å². The smallest absolute Gasteiger partial charge is 0.281 e. The summed E-state index contributed by atoms with van der Waals surface area (Å²) >= 11 is 0. The Morgan fingerprint density at radius 1 is 1.52 bits per heavy atom. The minimum absolute atomic E-state index is 0.0812. The Bertz CT molecular complexity index is 750. The van der Waals surface area contributed by atoms with Gasteiger partial charge in [-0.15, -0.1) is 0 Å². The van der Waals surface area contributed by atoms with Crippen molar-refractivity contribution in [1.82, 2.24) is 10.3 Å². The Kier molecular flexibility index (Phi) is 3.13. The summed E-state index contributed by atoms with van der Waals surface area (Å²) in [5, 5.41) is 16.8. The first-order valence-electron chi connectivity index (χ1n) is 6.31. The molecule has 21 heavy (non-hydrogen) atoms. The Morgan fingerprint density at radius 3 is 3.00 bits per heavy atom. The average molecular weight is 290 g/mol. The van der Waals surface area contributed by atoms with E-state index in [4.69, 9.17) is 0 Å². The molecule has 0 aliphatic carbocycles. The summed E-state index contributed by atoms with van der Waals surface area (Å²) in [4.78, 5) is 25.6. The number of nitrogens with zero attached hydrogens (tertiary/aromatic N) is 2. The molecule has 0 bridgehead atoms. The van der Waals surface area contributed by atoms with Crippen LogP contribution in [0.15, 0.2) is 24.4 Å². The molecule has 1 fully saturated rings. The maximum Gasteiger partial charge on any atom is 0.281 e. The predicted octanol–water partition coefficient (Wildman–Crippen LogP) is 1.58. The van der Waals surface area contributed by atoms with Crippen LogP contribution in [-0.2, 0) is 4.79 Å². The standard InChI is InChI=1S/C13H11FN4O3/c14-9-5-10(18(20)21)8-2-1-3-15-12(8)13(9)17-7-4-11(19)16-6-7/h1-3,5,7,17H,4,6H2,(H,16,19). The number of nitrogens with one attached hydrogen (secondary N) is 2. The summed E-state index contributed by atoms with van der Waals surface area (Å²) in [6.07, 6.45) is 1.67. The molecule has 0 saturated carbocycles. The van der Waals surface area contributed by atoms with Crippen molar-refractivity contribution in [2.45, 2.75) is 12.5 Å². The SMILES string of the molecule is O=C1CC(Nc2c(F)cc([N+](=O)[O-])c3cccnc23)CN1. The van der Waals surface area contributed by atoms with Crippen molar-refractivity contribution in [1.29, 1.82) is 0 Å². The van der Waals surface area contributed by atoms with Gasteiger partial charge in [-0.2, -0.15) is 0 Å². The van der Waals surface area contributed by atoms with Gasteiger partial charge in [0, 0.05) is 19.2 Å². The number of carbonyl (C=O) groups is 1. The van der Waals surface area contributed by atoms with Gasteiger partial charge in [-0.25, -0.2) is 4.39 Å². The molecule has 2 heterocycles. The van der Waals surface area contributed by atoms with E-state index in [1.54, 1.807) is 6.07 Å². The highest BCUT2D eigenvalue weighted by molar-refractivity contribution is 5.97. The van der Waals surface area contributed by atoms with E-state index in [0.29, 0.717) is 6.54 Å². The van der Waals surface area contributed by atoms with Crippen LogP contribution in [-0.4, -0.2) is 28.4 Å². The molecule has 1 amide bonds. The Balaban J connectivity index is 2.10. The number of anilines is 1. The van der Waals surface area contributed by atoms with Gasteiger partial charge in [0.05, 0.1) is 28.1 Å². The number of rotatable bonds is 3. The molecule has 1 aliphatic rings. The predicted molar refractivity (Wildman–Crippen MR) is 73.4 cm³/mol. The number of carbonyl (C=O) groups excluding carboxylic acids is 1. The van der Waals surface area contributed by atoms with Gasteiger partial charge in [-0.1, -0.05) is 0 Å². The van der Waals surface area contributed by atoms with E-state index in [9.17, 15) is 19.3 Å². The zero-order chi connectivity index (χ0) is 15.0. The first-order valence-corrected chi connectivity index (χ1v) is 6.31. The van der Waals surface area contributed by atoms with E-state index >= 15 is 0 Å². The van der Waals surface area contributed by atoms with Crippen molar-refractivity contribution < 1.29 is 14.1 Å². The molecule has 0 spiro atoms. The van der Waals surface area contributed by atoms with Crippen molar-refractivity contribution in [2.75, 3.05) is 11.9 Å². The lowest BCUT2D eigenvalue weighted by Crippen LogP contribution is -2.23. The molecule has 8 heteroatoms. The number of nitro groups is 1. The van der Waals surface area contributed by atoms with Gasteiger partial charge in [0.25, 0.3) is 5.69 Å². The molecular formula is C13H11FN4O3. The van der Waals surface area contributed by atoms with E-state index in [1.807, 2.05) is 0 Å². The van der Waals surface area contributed by atoms with Gasteiger partial charge in [0.1, 0.15) is 5.52 Å². The molecule has 2 N–H and O–H groups in total. The minimum atomic E-state index is -0.757. The lowest BCUT2D eigenvalue weighted by Gasteiger charge is -2.14. The van der Waals surface area contributed by atoms with Crippen LogP contribution >= 0.6 is 0 Å². The van der Waals surface area contributed by atoms with E-state index < -0.39 is 10.7 Å². The maximum absolute atomic E-state index is 14.2. The zero-order valence-corrected chi connectivity index (χ0v) is 10.8. The molecule has 108 valence electrons. The fourth-order valence-electron chi connectivity index (χ4n) is 2.39. The third-order valence-electron chi connectivity index (χ3n) is 3.35. The highest BCUT2D eigenvalue weighted by Gasteiger charge is 2.25. The molecule has 1 unspecified atom stereocenters. The molecule has 7 nitrogen and oxygen atoms in total. The number of amides is 1. The van der Waals surface area contributed by atoms with Gasteiger partial charge < -0.3 is 10.6 Å². The molecule has 1 aliphatic heterocycles.